The summed E-state index contributed by atoms with van der Waals surface area (Å²) in [7, 11) is 1.56. The van der Waals surface area contributed by atoms with Gasteiger partial charge in [-0.15, -0.1) is 0 Å². The van der Waals surface area contributed by atoms with E-state index < -0.39 is 19.4 Å². The second-order valence-electron chi connectivity index (χ2n) is 6.94. The molecule has 0 aliphatic carbocycles. The van der Waals surface area contributed by atoms with Crippen molar-refractivity contribution < 1.29 is 18.1 Å². The van der Waals surface area contributed by atoms with Crippen molar-refractivity contribution in [3.63, 3.8) is 0 Å². The van der Waals surface area contributed by atoms with Crippen molar-refractivity contribution >= 4 is 37.4 Å². The average molecular weight is 466 g/mol. The molecule has 0 bridgehead atoms. The van der Waals surface area contributed by atoms with Crippen molar-refractivity contribution in [2.45, 2.75) is 88.7 Å². The zero-order valence-electron chi connectivity index (χ0n) is 14.7. The van der Waals surface area contributed by atoms with Crippen LogP contribution < -0.4 is 0 Å². The molecule has 0 amide bonds. The standard InChI is InChI=1S/2C8H17.Mo.O.HPS3/c2*1-4-5-6-7-8(2)3;;;2-1(3)4/h2*8H,1,4-7H2,2-3H3;;;(H,2,3,4)/q;;+1;;/p-1. The van der Waals surface area contributed by atoms with E-state index >= 15 is 0 Å². The molecule has 0 spiro atoms. The van der Waals surface area contributed by atoms with Gasteiger partial charge in [-0.25, -0.2) is 0 Å². The van der Waals surface area contributed by atoms with Crippen molar-refractivity contribution in [3.05, 3.63) is 0 Å². The Bertz CT molecular complexity index is 365. The molecule has 1 nitrogen and oxygen atoms in total. The Kier molecular flexibility index (Phi) is 14.8. The molecular weight excluding hydrogens is 431 g/mol. The third kappa shape index (κ3) is 15.1. The van der Waals surface area contributed by atoms with Crippen molar-refractivity contribution in [1.29, 1.82) is 0 Å². The molecule has 133 valence electrons. The topological polar surface area (TPSA) is 17.1 Å². The van der Waals surface area contributed by atoms with Gasteiger partial charge in [0.15, 0.2) is 0 Å². The van der Waals surface area contributed by atoms with Crippen LogP contribution in [0.4, 0.5) is 0 Å². The minimum atomic E-state index is -3.06. The molecule has 0 saturated heterocycles. The van der Waals surface area contributed by atoms with Crippen LogP contribution in [0.1, 0.15) is 79.1 Å². The summed E-state index contributed by atoms with van der Waals surface area (Å²) in [6.07, 6.45) is 9.78. The summed E-state index contributed by atoms with van der Waals surface area (Å²) in [4.78, 5) is 1.86. The summed E-state index contributed by atoms with van der Waals surface area (Å²) in [6, 6.07) is 0. The number of hydrogen-bond acceptors (Lipinski definition) is 4. The molecule has 0 fully saturated rings. The third-order valence-electron chi connectivity index (χ3n) is 3.67. The number of rotatable bonds is 14. The molecular formula is C16H34MoOPS3. The predicted molar refractivity (Wildman–Crippen MR) is 106 cm³/mol. The van der Waals surface area contributed by atoms with Crippen LogP contribution in [0.15, 0.2) is 0 Å². The summed E-state index contributed by atoms with van der Waals surface area (Å²) < 4.78 is 12.2. The molecule has 0 aromatic rings. The molecule has 0 N–H and O–H groups in total. The fourth-order valence-electron chi connectivity index (χ4n) is 2.39. The third-order valence-corrected chi connectivity index (χ3v) is 26.9. The predicted octanol–water partition coefficient (Wildman–Crippen LogP) is 7.72. The van der Waals surface area contributed by atoms with E-state index in [9.17, 15) is 3.40 Å². The van der Waals surface area contributed by atoms with Gasteiger partial charge in [0.05, 0.1) is 0 Å². The van der Waals surface area contributed by atoms with E-state index in [1.807, 2.05) is 0 Å². The quantitative estimate of drug-likeness (QED) is 0.148. The Morgan fingerprint density at radius 3 is 1.55 bits per heavy atom. The van der Waals surface area contributed by atoms with Crippen LogP contribution in [0, 0.1) is 11.8 Å². The number of unbranched alkanes of at least 4 members (excludes halogenated alkanes) is 4. The molecule has 0 radical (unpaired) electrons. The van der Waals surface area contributed by atoms with Crippen molar-refractivity contribution in [1.82, 2.24) is 0 Å². The minimum absolute atomic E-state index is 0.780. The van der Waals surface area contributed by atoms with Gasteiger partial charge in [0.2, 0.25) is 0 Å². The van der Waals surface area contributed by atoms with Gasteiger partial charge in [-0.1, -0.05) is 0 Å². The Hall–Kier alpha value is 1.58. The number of hydrogen-bond donors (Lipinski definition) is 0. The van der Waals surface area contributed by atoms with Crippen LogP contribution in [0.3, 0.4) is 0 Å². The molecule has 0 rings (SSSR count). The summed E-state index contributed by atoms with van der Waals surface area (Å²) in [6.45, 7) is 9.07. The Morgan fingerprint density at radius 1 is 0.818 bits per heavy atom. The molecule has 22 heavy (non-hydrogen) atoms. The first kappa shape index (κ1) is 23.6. The van der Waals surface area contributed by atoms with Crippen LogP contribution >= 0.6 is 13.8 Å². The first-order valence-corrected chi connectivity index (χ1v) is 19.4. The first-order valence-electron chi connectivity index (χ1n) is 8.58. The van der Waals surface area contributed by atoms with Crippen molar-refractivity contribution in [2.24, 2.45) is 11.8 Å². The van der Waals surface area contributed by atoms with Crippen LogP contribution in [0.25, 0.3) is 0 Å². The zero-order chi connectivity index (χ0) is 17.0. The van der Waals surface area contributed by atoms with Crippen molar-refractivity contribution in [2.75, 3.05) is 0 Å². The Morgan fingerprint density at radius 2 is 1.23 bits per heavy atom. The average Bonchev–Trinajstić information content (AvgIpc) is 2.36. The maximum absolute atomic E-state index is 13.1. The molecule has 0 aliphatic heterocycles. The molecule has 0 heterocycles. The SMILES string of the molecule is CC(C)CCCC[CH2][Mo](=[O])([CH2]CCCCC(C)C)[S]P(=S)=S. The molecule has 0 unspecified atom stereocenters. The van der Waals surface area contributed by atoms with E-state index in [0.29, 0.717) is 0 Å². The van der Waals surface area contributed by atoms with Gasteiger partial charge in [0.1, 0.15) is 0 Å². The van der Waals surface area contributed by atoms with Gasteiger partial charge in [-0.05, 0) is 0 Å². The van der Waals surface area contributed by atoms with Gasteiger partial charge < -0.3 is 0 Å². The van der Waals surface area contributed by atoms with Crippen molar-refractivity contribution in [3.8, 4) is 0 Å². The Labute approximate surface area is 155 Å². The van der Waals surface area contributed by atoms with Gasteiger partial charge >= 0.3 is 156 Å². The van der Waals surface area contributed by atoms with E-state index in [1.54, 1.807) is 9.09 Å². The monoisotopic (exact) mass is 467 g/mol. The summed E-state index contributed by atoms with van der Waals surface area (Å²) in [5, 5.41) is 0. The Balaban J connectivity index is 4.09. The maximum atomic E-state index is 13.1. The molecule has 0 atom stereocenters. The second-order valence-corrected chi connectivity index (χ2v) is 25.9. The van der Waals surface area contributed by atoms with Gasteiger partial charge in [0.25, 0.3) is 0 Å². The van der Waals surface area contributed by atoms with E-state index in [4.69, 9.17) is 23.6 Å². The van der Waals surface area contributed by atoms with E-state index in [1.165, 1.54) is 38.5 Å². The van der Waals surface area contributed by atoms with E-state index in [-0.39, 0.29) is 0 Å². The summed E-state index contributed by atoms with van der Waals surface area (Å²) in [5.74, 6) is 1.56. The van der Waals surface area contributed by atoms with E-state index in [2.05, 4.69) is 27.7 Å². The molecule has 0 aromatic carbocycles. The van der Waals surface area contributed by atoms with Crippen LogP contribution in [0.5, 0.6) is 0 Å². The molecule has 6 heteroatoms. The van der Waals surface area contributed by atoms with Gasteiger partial charge in [-0.2, -0.15) is 0 Å². The molecule has 0 aromatic heterocycles. The normalized spacial score (nSPS) is 12.3. The summed E-state index contributed by atoms with van der Waals surface area (Å²) in [5.41, 5.74) is 0. The fraction of sp³-hybridized carbons (Fsp3) is 1.00. The fourth-order valence-corrected chi connectivity index (χ4v) is 29.0. The molecule has 0 aliphatic rings. The zero-order valence-corrected chi connectivity index (χ0v) is 20.1. The molecule has 0 saturated carbocycles. The van der Waals surface area contributed by atoms with Crippen LogP contribution in [0.2, 0.25) is 9.62 Å². The van der Waals surface area contributed by atoms with Crippen LogP contribution in [-0.4, -0.2) is 0 Å². The van der Waals surface area contributed by atoms with Gasteiger partial charge in [0, 0.05) is 0 Å². The van der Waals surface area contributed by atoms with E-state index in [0.717, 1.165) is 34.3 Å². The summed E-state index contributed by atoms with van der Waals surface area (Å²) >= 11 is 7.32. The van der Waals surface area contributed by atoms with Gasteiger partial charge in [-0.3, -0.25) is 0 Å². The first-order chi connectivity index (χ1) is 10.2. The van der Waals surface area contributed by atoms with Crippen LogP contribution in [-0.2, 0) is 41.8 Å². The second kappa shape index (κ2) is 13.8.